The lowest BCUT2D eigenvalue weighted by molar-refractivity contribution is -0.146. The molecule has 6 heteroatoms. The highest BCUT2D eigenvalue weighted by molar-refractivity contribution is 5.80. The van der Waals surface area contributed by atoms with E-state index in [0.29, 0.717) is 26.2 Å². The summed E-state index contributed by atoms with van der Waals surface area (Å²) in [4.78, 5) is 16.6. The fourth-order valence-electron chi connectivity index (χ4n) is 3.03. The van der Waals surface area contributed by atoms with Crippen LogP contribution in [0.15, 0.2) is 0 Å². The number of carbonyl (C=O) groups excluding carboxylic acids is 1. The number of aliphatic hydroxyl groups is 1. The number of hydrogen-bond donors (Lipinski definition) is 1. The van der Waals surface area contributed by atoms with Crippen molar-refractivity contribution in [2.45, 2.75) is 58.8 Å². The van der Waals surface area contributed by atoms with Gasteiger partial charge in [-0.15, -0.1) is 0 Å². The Kier molecular flexibility index (Phi) is 7.04. The molecule has 1 N–H and O–H groups in total. The standard InChI is InChI=1S/C18H34N2O4/c1-14(24-13-15-6-5-11-23-15)17(22)20-9-7-19(8-10-20)12-16(21)18(2,3)4/h14-16,21H,5-13H2,1-4H3/t14-,15-,16-/m0/s1. The van der Waals surface area contributed by atoms with Gasteiger partial charge in [-0.3, -0.25) is 9.69 Å². The van der Waals surface area contributed by atoms with Crippen molar-refractivity contribution < 1.29 is 19.4 Å². The zero-order valence-electron chi connectivity index (χ0n) is 15.7. The van der Waals surface area contributed by atoms with Crippen molar-refractivity contribution in [3.05, 3.63) is 0 Å². The average Bonchev–Trinajstić information content (AvgIpc) is 3.05. The second-order valence-electron chi connectivity index (χ2n) is 8.12. The molecule has 2 fully saturated rings. The summed E-state index contributed by atoms with van der Waals surface area (Å²) >= 11 is 0. The van der Waals surface area contributed by atoms with Crippen molar-refractivity contribution >= 4 is 5.91 Å². The molecule has 0 unspecified atom stereocenters. The minimum absolute atomic E-state index is 0.0593. The van der Waals surface area contributed by atoms with Crippen molar-refractivity contribution in [3.63, 3.8) is 0 Å². The Hall–Kier alpha value is -0.690. The third-order valence-electron chi connectivity index (χ3n) is 5.02. The van der Waals surface area contributed by atoms with Crippen molar-refractivity contribution in [2.24, 2.45) is 5.41 Å². The van der Waals surface area contributed by atoms with Gasteiger partial charge in [0, 0.05) is 39.3 Å². The molecule has 0 aromatic carbocycles. The fraction of sp³-hybridized carbons (Fsp3) is 0.944. The Morgan fingerprint density at radius 3 is 2.50 bits per heavy atom. The van der Waals surface area contributed by atoms with Gasteiger partial charge in [-0.1, -0.05) is 20.8 Å². The van der Waals surface area contributed by atoms with Crippen LogP contribution in [-0.2, 0) is 14.3 Å². The maximum atomic E-state index is 12.5. The largest absolute Gasteiger partial charge is 0.391 e. The van der Waals surface area contributed by atoms with Crippen molar-refractivity contribution in [1.29, 1.82) is 0 Å². The number of rotatable bonds is 6. The first-order valence-electron chi connectivity index (χ1n) is 9.20. The van der Waals surface area contributed by atoms with Gasteiger partial charge in [0.25, 0.3) is 5.91 Å². The molecule has 0 saturated carbocycles. The SMILES string of the molecule is C[C@H](OC[C@@H]1CCCO1)C(=O)N1CCN(C[C@H](O)C(C)(C)C)CC1. The summed E-state index contributed by atoms with van der Waals surface area (Å²) < 4.78 is 11.2. The Morgan fingerprint density at radius 2 is 1.96 bits per heavy atom. The molecular weight excluding hydrogens is 308 g/mol. The van der Waals surface area contributed by atoms with Crippen LogP contribution in [0.3, 0.4) is 0 Å². The highest BCUT2D eigenvalue weighted by Crippen LogP contribution is 2.20. The molecule has 24 heavy (non-hydrogen) atoms. The maximum absolute atomic E-state index is 12.5. The highest BCUT2D eigenvalue weighted by atomic mass is 16.5. The molecular formula is C18H34N2O4. The first kappa shape index (κ1) is 19.6. The highest BCUT2D eigenvalue weighted by Gasteiger charge is 2.29. The Balaban J connectivity index is 1.69. The zero-order chi connectivity index (χ0) is 17.7. The molecule has 2 saturated heterocycles. The molecule has 0 aromatic rings. The van der Waals surface area contributed by atoms with Crippen LogP contribution in [0.1, 0.15) is 40.5 Å². The molecule has 3 atom stereocenters. The number of aliphatic hydroxyl groups excluding tert-OH is 1. The molecule has 0 aliphatic carbocycles. The van der Waals surface area contributed by atoms with E-state index in [4.69, 9.17) is 9.47 Å². The van der Waals surface area contributed by atoms with Gasteiger partial charge in [-0.05, 0) is 25.2 Å². The van der Waals surface area contributed by atoms with E-state index in [2.05, 4.69) is 4.90 Å². The molecule has 2 aliphatic rings. The van der Waals surface area contributed by atoms with Gasteiger partial charge in [0.1, 0.15) is 6.10 Å². The maximum Gasteiger partial charge on any atom is 0.251 e. The number of nitrogens with zero attached hydrogens (tertiary/aromatic N) is 2. The molecule has 0 radical (unpaired) electrons. The molecule has 6 nitrogen and oxygen atoms in total. The average molecular weight is 342 g/mol. The number of β-amino-alcohol motifs (C(OH)–C–C–N with tert-alkyl or cyclic N) is 1. The van der Waals surface area contributed by atoms with E-state index in [-0.39, 0.29) is 23.5 Å². The van der Waals surface area contributed by atoms with Crippen LogP contribution in [-0.4, -0.2) is 85.1 Å². The third kappa shape index (κ3) is 5.69. The second kappa shape index (κ2) is 8.61. The van der Waals surface area contributed by atoms with Gasteiger partial charge < -0.3 is 19.5 Å². The van der Waals surface area contributed by atoms with Crippen LogP contribution in [0.4, 0.5) is 0 Å². The van der Waals surface area contributed by atoms with Gasteiger partial charge in [0.15, 0.2) is 0 Å². The first-order chi connectivity index (χ1) is 11.3. The summed E-state index contributed by atoms with van der Waals surface area (Å²) in [5, 5.41) is 10.2. The Labute approximate surface area is 146 Å². The van der Waals surface area contributed by atoms with Crippen LogP contribution in [0.5, 0.6) is 0 Å². The van der Waals surface area contributed by atoms with Crippen LogP contribution in [0.25, 0.3) is 0 Å². The van der Waals surface area contributed by atoms with Crippen molar-refractivity contribution in [1.82, 2.24) is 9.80 Å². The number of ether oxygens (including phenoxy) is 2. The molecule has 2 rings (SSSR count). The minimum Gasteiger partial charge on any atom is -0.391 e. The van der Waals surface area contributed by atoms with Crippen molar-refractivity contribution in [2.75, 3.05) is 45.9 Å². The van der Waals surface area contributed by atoms with E-state index < -0.39 is 6.10 Å². The summed E-state index contributed by atoms with van der Waals surface area (Å²) in [5.41, 5.74) is -0.113. The lowest BCUT2D eigenvalue weighted by Gasteiger charge is -2.38. The fourth-order valence-corrected chi connectivity index (χ4v) is 3.03. The topological polar surface area (TPSA) is 62.2 Å². The van der Waals surface area contributed by atoms with Crippen LogP contribution in [0, 0.1) is 5.41 Å². The third-order valence-corrected chi connectivity index (χ3v) is 5.02. The normalized spacial score (nSPS) is 25.7. The Morgan fingerprint density at radius 1 is 1.29 bits per heavy atom. The van der Waals surface area contributed by atoms with Crippen molar-refractivity contribution in [3.8, 4) is 0 Å². The zero-order valence-corrected chi connectivity index (χ0v) is 15.7. The van der Waals surface area contributed by atoms with Crippen LogP contribution >= 0.6 is 0 Å². The van der Waals surface area contributed by atoms with Gasteiger partial charge in [-0.25, -0.2) is 0 Å². The summed E-state index contributed by atoms with van der Waals surface area (Å²) in [6.45, 7) is 12.9. The van der Waals surface area contributed by atoms with Gasteiger partial charge >= 0.3 is 0 Å². The van der Waals surface area contributed by atoms with Gasteiger partial charge in [-0.2, -0.15) is 0 Å². The minimum atomic E-state index is -0.416. The first-order valence-corrected chi connectivity index (χ1v) is 9.20. The van der Waals surface area contributed by atoms with Gasteiger partial charge in [0.2, 0.25) is 0 Å². The molecule has 0 bridgehead atoms. The number of hydrogen-bond acceptors (Lipinski definition) is 5. The number of carbonyl (C=O) groups is 1. The summed E-state index contributed by atoms with van der Waals surface area (Å²) in [5.74, 6) is 0.0593. The summed E-state index contributed by atoms with van der Waals surface area (Å²) in [7, 11) is 0. The number of piperazine rings is 1. The molecule has 1 amide bonds. The molecule has 0 aromatic heterocycles. The van der Waals surface area contributed by atoms with Crippen LogP contribution in [0.2, 0.25) is 0 Å². The smallest absolute Gasteiger partial charge is 0.251 e. The van der Waals surface area contributed by atoms with E-state index in [0.717, 1.165) is 32.5 Å². The quantitative estimate of drug-likeness (QED) is 0.784. The lowest BCUT2D eigenvalue weighted by Crippen LogP contribution is -2.53. The molecule has 140 valence electrons. The van der Waals surface area contributed by atoms with E-state index in [1.165, 1.54) is 0 Å². The summed E-state index contributed by atoms with van der Waals surface area (Å²) in [6.07, 6.45) is 1.49. The van der Waals surface area contributed by atoms with Gasteiger partial charge in [0.05, 0.1) is 18.8 Å². The van der Waals surface area contributed by atoms with E-state index in [9.17, 15) is 9.90 Å². The van der Waals surface area contributed by atoms with E-state index in [1.807, 2.05) is 32.6 Å². The second-order valence-corrected chi connectivity index (χ2v) is 8.12. The predicted molar refractivity (Wildman–Crippen MR) is 92.9 cm³/mol. The van der Waals surface area contributed by atoms with E-state index in [1.54, 1.807) is 0 Å². The lowest BCUT2D eigenvalue weighted by atomic mass is 9.89. The predicted octanol–water partition coefficient (Wildman–Crippen LogP) is 1.12. The molecule has 2 aliphatic heterocycles. The summed E-state index contributed by atoms with van der Waals surface area (Å²) in [6, 6.07) is 0. The molecule has 0 spiro atoms. The van der Waals surface area contributed by atoms with Crippen LogP contribution < -0.4 is 0 Å². The Bertz CT molecular complexity index is 396. The molecule has 2 heterocycles. The number of amides is 1. The van der Waals surface area contributed by atoms with E-state index >= 15 is 0 Å². The monoisotopic (exact) mass is 342 g/mol.